The molecule has 2 aliphatic rings. The molecule has 0 aromatic carbocycles. The van der Waals surface area contributed by atoms with Crippen molar-refractivity contribution in [1.82, 2.24) is 14.9 Å². The zero-order valence-electron chi connectivity index (χ0n) is 11.2. The molecule has 0 spiro atoms. The zero-order chi connectivity index (χ0) is 13.5. The summed E-state index contributed by atoms with van der Waals surface area (Å²) >= 11 is 1.87. The van der Waals surface area contributed by atoms with Crippen LogP contribution < -0.4 is 0 Å². The molecule has 0 radical (unpaired) electrons. The molecule has 2 aromatic rings. The molecule has 2 aromatic heterocycles. The van der Waals surface area contributed by atoms with Gasteiger partial charge in [0, 0.05) is 29.9 Å². The van der Waals surface area contributed by atoms with Crippen LogP contribution in [-0.2, 0) is 0 Å². The largest absolute Gasteiger partial charge is 0.363 e. The lowest BCUT2D eigenvalue weighted by molar-refractivity contribution is 0.316. The number of pyridine rings is 1. The van der Waals surface area contributed by atoms with Gasteiger partial charge < -0.3 is 9.88 Å². The molecule has 4 nitrogen and oxygen atoms in total. The molecule has 0 amide bonds. The van der Waals surface area contributed by atoms with Crippen molar-refractivity contribution in [2.45, 2.75) is 24.3 Å². The molecule has 0 unspecified atom stereocenters. The molecule has 20 heavy (non-hydrogen) atoms. The van der Waals surface area contributed by atoms with Gasteiger partial charge >= 0.3 is 0 Å². The van der Waals surface area contributed by atoms with Gasteiger partial charge in [-0.3, -0.25) is 9.98 Å². The first-order chi connectivity index (χ1) is 9.83. The maximum absolute atomic E-state index is 4.93. The van der Waals surface area contributed by atoms with E-state index >= 15 is 0 Å². The van der Waals surface area contributed by atoms with Gasteiger partial charge in [-0.1, -0.05) is 24.8 Å². The number of H-pyrrole nitrogens is 1. The van der Waals surface area contributed by atoms with E-state index in [1.807, 2.05) is 36.3 Å². The monoisotopic (exact) mass is 284 g/mol. The van der Waals surface area contributed by atoms with Crippen molar-refractivity contribution in [1.29, 1.82) is 0 Å². The third-order valence-electron chi connectivity index (χ3n) is 3.82. The van der Waals surface area contributed by atoms with Gasteiger partial charge in [0.1, 0.15) is 6.04 Å². The molecular weight excluding hydrogens is 268 g/mol. The van der Waals surface area contributed by atoms with Gasteiger partial charge in [0.25, 0.3) is 0 Å². The van der Waals surface area contributed by atoms with Crippen molar-refractivity contribution >= 4 is 16.9 Å². The molecule has 1 fully saturated rings. The van der Waals surface area contributed by atoms with Crippen LogP contribution in [0.15, 0.2) is 47.7 Å². The van der Waals surface area contributed by atoms with Gasteiger partial charge in [0.15, 0.2) is 5.17 Å². The molecule has 0 aliphatic carbocycles. The van der Waals surface area contributed by atoms with E-state index < -0.39 is 0 Å². The predicted molar refractivity (Wildman–Crippen MR) is 81.7 cm³/mol. The summed E-state index contributed by atoms with van der Waals surface area (Å²) in [6.07, 6.45) is 3.83. The summed E-state index contributed by atoms with van der Waals surface area (Å²) < 4.78 is 0. The minimum Gasteiger partial charge on any atom is -0.363 e. The Labute approximate surface area is 122 Å². The summed E-state index contributed by atoms with van der Waals surface area (Å²) in [7, 11) is 0. The van der Waals surface area contributed by atoms with Crippen LogP contribution in [0.2, 0.25) is 0 Å². The predicted octanol–water partition coefficient (Wildman–Crippen LogP) is 3.00. The topological polar surface area (TPSA) is 44.3 Å². The molecule has 1 saturated heterocycles. The summed E-state index contributed by atoms with van der Waals surface area (Å²) in [5.41, 5.74) is 2.26. The lowest BCUT2D eigenvalue weighted by Crippen LogP contribution is -2.28. The van der Waals surface area contributed by atoms with Crippen LogP contribution in [0, 0.1) is 0 Å². The number of amidine groups is 1. The van der Waals surface area contributed by atoms with E-state index in [-0.39, 0.29) is 12.1 Å². The molecule has 3 atom stereocenters. The average Bonchev–Trinajstić information content (AvgIpc) is 3.14. The fourth-order valence-corrected chi connectivity index (χ4v) is 4.08. The van der Waals surface area contributed by atoms with Crippen molar-refractivity contribution in [2.24, 2.45) is 4.99 Å². The van der Waals surface area contributed by atoms with Crippen LogP contribution >= 0.6 is 11.8 Å². The van der Waals surface area contributed by atoms with Crippen LogP contribution in [0.25, 0.3) is 0 Å². The summed E-state index contributed by atoms with van der Waals surface area (Å²) in [5.74, 6) is 0. The second-order valence-electron chi connectivity index (χ2n) is 5.26. The highest BCUT2D eigenvalue weighted by Crippen LogP contribution is 2.46. The maximum Gasteiger partial charge on any atom is 0.160 e. The van der Waals surface area contributed by atoms with Gasteiger partial charge in [-0.25, -0.2) is 0 Å². The normalized spacial score (nSPS) is 28.6. The number of hydrogen-bond acceptors (Lipinski definition) is 4. The Morgan fingerprint density at radius 2 is 2.25 bits per heavy atom. The summed E-state index contributed by atoms with van der Waals surface area (Å²) in [6.45, 7) is 3.31. The second-order valence-corrected chi connectivity index (χ2v) is 6.67. The molecule has 4 heterocycles. The Bertz CT molecular complexity index is 623. The minimum absolute atomic E-state index is 0.0878. The Balaban J connectivity index is 1.77. The van der Waals surface area contributed by atoms with E-state index in [1.165, 1.54) is 5.69 Å². The van der Waals surface area contributed by atoms with E-state index in [2.05, 4.69) is 40.0 Å². The van der Waals surface area contributed by atoms with Gasteiger partial charge in [0.2, 0.25) is 0 Å². The van der Waals surface area contributed by atoms with E-state index in [0.29, 0.717) is 5.25 Å². The lowest BCUT2D eigenvalue weighted by atomic mass is 10.0. The van der Waals surface area contributed by atoms with Gasteiger partial charge in [-0.15, -0.1) is 0 Å². The van der Waals surface area contributed by atoms with E-state index in [9.17, 15) is 0 Å². The molecule has 1 N–H and O–H groups in total. The number of aromatic amines is 1. The second kappa shape index (κ2) is 4.66. The Morgan fingerprint density at radius 3 is 3.00 bits per heavy atom. The number of thioether (sulfide) groups is 1. The van der Waals surface area contributed by atoms with Crippen LogP contribution in [0.3, 0.4) is 0 Å². The number of aliphatic imine (C=N–C) groups is 1. The van der Waals surface area contributed by atoms with E-state index in [0.717, 1.165) is 17.4 Å². The highest BCUT2D eigenvalue weighted by molar-refractivity contribution is 8.14. The first-order valence-electron chi connectivity index (χ1n) is 6.88. The minimum atomic E-state index is 0.0878. The highest BCUT2D eigenvalue weighted by Gasteiger charge is 2.43. The number of nitrogens with zero attached hydrogens (tertiary/aromatic N) is 3. The van der Waals surface area contributed by atoms with Crippen LogP contribution in [0.5, 0.6) is 0 Å². The third kappa shape index (κ3) is 1.85. The summed E-state index contributed by atoms with van der Waals surface area (Å²) in [4.78, 5) is 15.2. The Hall–Kier alpha value is -1.75. The Kier molecular flexibility index (Phi) is 2.80. The fourth-order valence-electron chi connectivity index (χ4n) is 2.98. The van der Waals surface area contributed by atoms with Crippen LogP contribution in [-0.4, -0.2) is 31.8 Å². The number of fused-ring (bicyclic) bond motifs is 1. The molecular formula is C15H16N4S. The van der Waals surface area contributed by atoms with Gasteiger partial charge in [0.05, 0.1) is 11.7 Å². The Morgan fingerprint density at radius 1 is 1.30 bits per heavy atom. The smallest absolute Gasteiger partial charge is 0.160 e. The SMILES string of the molecule is C[C@H]1CN2C(=N[C@@H](c3ccccn3)[C@@H]2c2ccc[nH]2)S1. The molecule has 0 bridgehead atoms. The number of hydrogen-bond donors (Lipinski definition) is 1. The van der Waals surface area contributed by atoms with E-state index in [1.54, 1.807) is 0 Å². The third-order valence-corrected chi connectivity index (χ3v) is 4.92. The molecule has 5 heteroatoms. The van der Waals surface area contributed by atoms with Crippen molar-refractivity contribution in [3.63, 3.8) is 0 Å². The number of aromatic nitrogens is 2. The first-order valence-corrected chi connectivity index (χ1v) is 7.76. The van der Waals surface area contributed by atoms with Crippen LogP contribution in [0.4, 0.5) is 0 Å². The summed E-state index contributed by atoms with van der Waals surface area (Å²) in [5, 5.41) is 1.77. The standard InChI is InChI=1S/C15H16N4S/c1-10-9-19-14(12-6-4-8-17-12)13(18-15(19)20-10)11-5-2-3-7-16-11/h2-8,10,13-14,17H,9H2,1H3/t10-,13-,14-/m0/s1. The van der Waals surface area contributed by atoms with Gasteiger partial charge in [-0.05, 0) is 24.3 Å². The number of nitrogens with one attached hydrogen (secondary N) is 1. The molecule has 2 aliphatic heterocycles. The fraction of sp³-hybridized carbons (Fsp3) is 0.333. The number of rotatable bonds is 2. The van der Waals surface area contributed by atoms with E-state index in [4.69, 9.17) is 4.99 Å². The zero-order valence-corrected chi connectivity index (χ0v) is 12.0. The summed E-state index contributed by atoms with van der Waals surface area (Å²) in [6, 6.07) is 10.6. The molecule has 102 valence electrons. The van der Waals surface area contributed by atoms with Crippen LogP contribution in [0.1, 0.15) is 30.4 Å². The highest BCUT2D eigenvalue weighted by atomic mass is 32.2. The van der Waals surface area contributed by atoms with Gasteiger partial charge in [-0.2, -0.15) is 0 Å². The maximum atomic E-state index is 4.93. The lowest BCUT2D eigenvalue weighted by Gasteiger charge is -2.26. The first kappa shape index (κ1) is 12.0. The van der Waals surface area contributed by atoms with Crippen molar-refractivity contribution in [2.75, 3.05) is 6.54 Å². The molecule has 4 rings (SSSR count). The van der Waals surface area contributed by atoms with Crippen molar-refractivity contribution < 1.29 is 0 Å². The van der Waals surface area contributed by atoms with Crippen molar-refractivity contribution in [3.05, 3.63) is 54.1 Å². The quantitative estimate of drug-likeness (QED) is 0.922. The molecule has 0 saturated carbocycles. The van der Waals surface area contributed by atoms with Crippen molar-refractivity contribution in [3.8, 4) is 0 Å². The average molecular weight is 284 g/mol.